The van der Waals surface area contributed by atoms with Gasteiger partial charge in [0.15, 0.2) is 0 Å². The van der Waals surface area contributed by atoms with Gasteiger partial charge in [0.25, 0.3) is 15.2 Å². The lowest BCUT2D eigenvalue weighted by Crippen LogP contribution is -2.30. The van der Waals surface area contributed by atoms with Crippen molar-refractivity contribution in [3.8, 4) is 0 Å². The van der Waals surface area contributed by atoms with Gasteiger partial charge in [0, 0.05) is 12.0 Å². The normalized spacial score (nSPS) is 23.2. The topological polar surface area (TPSA) is 90.9 Å². The van der Waals surface area contributed by atoms with Gasteiger partial charge in [-0.05, 0) is 32.1 Å². The van der Waals surface area contributed by atoms with Crippen molar-refractivity contribution in [3.05, 3.63) is 5.82 Å². The van der Waals surface area contributed by atoms with Gasteiger partial charge in [-0.25, -0.2) is 13.6 Å². The molecule has 6 nitrogen and oxygen atoms in total. The molecule has 1 aliphatic carbocycles. The van der Waals surface area contributed by atoms with E-state index >= 15 is 0 Å². The lowest BCUT2D eigenvalue weighted by molar-refractivity contribution is 0.186. The highest BCUT2D eigenvalue weighted by atomic mass is 32.2. The highest BCUT2D eigenvalue weighted by molar-refractivity contribution is 7.89. The molecule has 1 heterocycles. The molecule has 1 atom stereocenters. The highest BCUT2D eigenvalue weighted by Crippen LogP contribution is 2.46. The van der Waals surface area contributed by atoms with Crippen LogP contribution in [0.25, 0.3) is 0 Å². The molecular formula is C13H24N4O2S. The van der Waals surface area contributed by atoms with Gasteiger partial charge in [-0.1, -0.05) is 26.7 Å². The third-order valence-electron chi connectivity index (χ3n) is 4.28. The Balaban J connectivity index is 2.55. The minimum absolute atomic E-state index is 0.0361. The van der Waals surface area contributed by atoms with Gasteiger partial charge >= 0.3 is 0 Å². The third-order valence-corrected chi connectivity index (χ3v) is 5.07. The first-order valence-corrected chi connectivity index (χ1v) is 8.67. The fraction of sp³-hybridized carbons (Fsp3) is 0.846. The first-order chi connectivity index (χ1) is 9.14. The van der Waals surface area contributed by atoms with Crippen molar-refractivity contribution in [2.45, 2.75) is 70.5 Å². The molecule has 2 rings (SSSR count). The smallest absolute Gasteiger partial charge is 0.273 e. The standard InChI is InChI=1S/C13H24N4O2S/c1-9(2)17-11(15-16-12(17)20(14,18)19)10-7-5-6-8-13(10,3)4/h9-10H,5-8H2,1-4H3,(H2,14,18,19). The second kappa shape index (κ2) is 5.11. The van der Waals surface area contributed by atoms with E-state index in [1.807, 2.05) is 13.8 Å². The zero-order chi connectivity index (χ0) is 15.1. The molecule has 1 aromatic rings. The molecule has 1 aromatic heterocycles. The molecule has 0 saturated heterocycles. The van der Waals surface area contributed by atoms with Crippen LogP contribution in [0.3, 0.4) is 0 Å². The molecule has 1 saturated carbocycles. The Morgan fingerprint density at radius 3 is 2.45 bits per heavy atom. The zero-order valence-corrected chi connectivity index (χ0v) is 13.4. The fourth-order valence-corrected chi connectivity index (χ4v) is 3.91. The van der Waals surface area contributed by atoms with Gasteiger partial charge in [0.2, 0.25) is 0 Å². The van der Waals surface area contributed by atoms with Gasteiger partial charge in [0.1, 0.15) is 5.82 Å². The maximum Gasteiger partial charge on any atom is 0.273 e. The van der Waals surface area contributed by atoms with E-state index in [4.69, 9.17) is 5.14 Å². The fourth-order valence-electron chi connectivity index (χ4n) is 3.18. The van der Waals surface area contributed by atoms with Crippen molar-refractivity contribution >= 4 is 10.0 Å². The van der Waals surface area contributed by atoms with Crippen molar-refractivity contribution in [1.82, 2.24) is 14.8 Å². The first-order valence-electron chi connectivity index (χ1n) is 7.12. The Morgan fingerprint density at radius 2 is 1.95 bits per heavy atom. The van der Waals surface area contributed by atoms with E-state index in [0.29, 0.717) is 0 Å². The van der Waals surface area contributed by atoms with Crippen molar-refractivity contribution in [2.24, 2.45) is 10.6 Å². The predicted octanol–water partition coefficient (Wildman–Crippen LogP) is 2.19. The second-order valence-corrected chi connectivity index (χ2v) is 8.09. The van der Waals surface area contributed by atoms with E-state index in [1.165, 1.54) is 6.42 Å². The van der Waals surface area contributed by atoms with Crippen molar-refractivity contribution in [1.29, 1.82) is 0 Å². The summed E-state index contributed by atoms with van der Waals surface area (Å²) in [5.41, 5.74) is 0.105. The number of nitrogens with two attached hydrogens (primary N) is 1. The Hall–Kier alpha value is -0.950. The Bertz CT molecular complexity index is 590. The third kappa shape index (κ3) is 2.74. The largest absolute Gasteiger partial charge is 0.298 e. The Labute approximate surface area is 120 Å². The maximum absolute atomic E-state index is 11.7. The van der Waals surface area contributed by atoms with Crippen LogP contribution < -0.4 is 5.14 Å². The van der Waals surface area contributed by atoms with Crippen molar-refractivity contribution in [3.63, 3.8) is 0 Å². The molecule has 1 unspecified atom stereocenters. The molecule has 0 amide bonds. The molecule has 1 aliphatic rings. The quantitative estimate of drug-likeness (QED) is 0.926. The van der Waals surface area contributed by atoms with Crippen LogP contribution in [0.1, 0.15) is 71.2 Å². The van der Waals surface area contributed by atoms with Crippen molar-refractivity contribution < 1.29 is 8.42 Å². The number of aromatic nitrogens is 3. The molecular weight excluding hydrogens is 276 g/mol. The molecule has 1 fully saturated rings. The van der Waals surface area contributed by atoms with Gasteiger partial charge < -0.3 is 0 Å². The lowest BCUT2D eigenvalue weighted by atomic mass is 9.68. The molecule has 0 spiro atoms. The van der Waals surface area contributed by atoms with E-state index < -0.39 is 10.0 Å². The van der Waals surface area contributed by atoms with E-state index in [1.54, 1.807) is 4.57 Å². The van der Waals surface area contributed by atoms with Crippen LogP contribution in [0, 0.1) is 5.41 Å². The molecule has 0 bridgehead atoms. The van der Waals surface area contributed by atoms with Crippen LogP contribution in [0.5, 0.6) is 0 Å². The van der Waals surface area contributed by atoms with Gasteiger partial charge in [-0.2, -0.15) is 0 Å². The second-order valence-electron chi connectivity index (χ2n) is 6.64. The molecule has 0 radical (unpaired) electrons. The molecule has 0 aromatic carbocycles. The Morgan fingerprint density at radius 1 is 1.30 bits per heavy atom. The molecule has 0 aliphatic heterocycles. The van der Waals surface area contributed by atoms with E-state index in [0.717, 1.165) is 25.1 Å². The number of hydrogen-bond donors (Lipinski definition) is 1. The summed E-state index contributed by atoms with van der Waals surface area (Å²) in [6.45, 7) is 8.29. The minimum Gasteiger partial charge on any atom is -0.298 e. The highest BCUT2D eigenvalue weighted by Gasteiger charge is 2.38. The van der Waals surface area contributed by atoms with Gasteiger partial charge in [-0.15, -0.1) is 10.2 Å². The number of sulfonamides is 1. The van der Waals surface area contributed by atoms with Crippen LogP contribution in [0.4, 0.5) is 0 Å². The van der Waals surface area contributed by atoms with E-state index in [2.05, 4.69) is 24.0 Å². The van der Waals surface area contributed by atoms with Crippen LogP contribution in [0.15, 0.2) is 5.16 Å². The summed E-state index contributed by atoms with van der Waals surface area (Å²) >= 11 is 0. The average Bonchev–Trinajstić information content (AvgIpc) is 2.72. The van der Waals surface area contributed by atoms with E-state index in [-0.39, 0.29) is 22.5 Å². The lowest BCUT2D eigenvalue weighted by Gasteiger charge is -2.38. The molecule has 2 N–H and O–H groups in total. The summed E-state index contributed by atoms with van der Waals surface area (Å²) in [6, 6.07) is -0.0361. The number of hydrogen-bond acceptors (Lipinski definition) is 4. The van der Waals surface area contributed by atoms with Crippen LogP contribution in [-0.2, 0) is 10.0 Å². The summed E-state index contributed by atoms with van der Waals surface area (Å²) < 4.78 is 25.0. The summed E-state index contributed by atoms with van der Waals surface area (Å²) in [5, 5.41) is 13.2. The monoisotopic (exact) mass is 300 g/mol. The van der Waals surface area contributed by atoms with Crippen LogP contribution >= 0.6 is 0 Å². The minimum atomic E-state index is -3.84. The van der Waals surface area contributed by atoms with E-state index in [9.17, 15) is 8.42 Å². The maximum atomic E-state index is 11.7. The van der Waals surface area contributed by atoms with Crippen LogP contribution in [0.2, 0.25) is 0 Å². The van der Waals surface area contributed by atoms with Crippen LogP contribution in [-0.4, -0.2) is 23.2 Å². The summed E-state index contributed by atoms with van der Waals surface area (Å²) in [4.78, 5) is 0. The molecule has 20 heavy (non-hydrogen) atoms. The SMILES string of the molecule is CC(C)n1c(C2CCCCC2(C)C)nnc1S(N)(=O)=O. The average molecular weight is 300 g/mol. The number of rotatable bonds is 3. The Kier molecular flexibility index (Phi) is 3.94. The zero-order valence-electron chi connectivity index (χ0n) is 12.6. The number of primary sulfonamides is 1. The first kappa shape index (κ1) is 15.4. The van der Waals surface area contributed by atoms with Gasteiger partial charge in [0.05, 0.1) is 0 Å². The molecule has 114 valence electrons. The summed E-state index contributed by atoms with van der Waals surface area (Å²) in [5.74, 6) is 0.982. The number of nitrogens with zero attached hydrogens (tertiary/aromatic N) is 3. The summed E-state index contributed by atoms with van der Waals surface area (Å²) in [7, 11) is -3.84. The molecule has 7 heteroatoms. The van der Waals surface area contributed by atoms with Gasteiger partial charge in [-0.3, -0.25) is 4.57 Å². The summed E-state index contributed by atoms with van der Waals surface area (Å²) in [6.07, 6.45) is 4.49. The predicted molar refractivity (Wildman–Crippen MR) is 76.8 cm³/mol. The van der Waals surface area contributed by atoms with Crippen molar-refractivity contribution in [2.75, 3.05) is 0 Å².